The van der Waals surface area contributed by atoms with Crippen molar-refractivity contribution in [2.45, 2.75) is 0 Å². The lowest BCUT2D eigenvalue weighted by Crippen LogP contribution is -2.01. The van der Waals surface area contributed by atoms with Crippen LogP contribution < -0.4 is 0 Å². The number of hydrogen-bond donors (Lipinski definition) is 0. The predicted octanol–water partition coefficient (Wildman–Crippen LogP) is 13.1. The number of hydrogen-bond acceptors (Lipinski definition) is 7. The van der Waals surface area contributed by atoms with Crippen molar-refractivity contribution >= 4 is 65.7 Å². The number of nitrogens with zero attached hydrogens (tertiary/aromatic N) is 5. The number of aromatic nitrogens is 5. The second kappa shape index (κ2) is 12.8. The van der Waals surface area contributed by atoms with Crippen LogP contribution in [0.2, 0.25) is 0 Å². The van der Waals surface area contributed by atoms with Crippen LogP contribution in [-0.2, 0) is 0 Å². The minimum absolute atomic E-state index is 0.511. The zero-order valence-corrected chi connectivity index (χ0v) is 30.8. The molecule has 0 N–H and O–H groups in total. The van der Waals surface area contributed by atoms with Crippen molar-refractivity contribution < 1.29 is 8.83 Å². The number of para-hydroxylation sites is 6. The smallest absolute Gasteiger partial charge is 0.165 e. The van der Waals surface area contributed by atoms with Crippen molar-refractivity contribution in [2.24, 2.45) is 0 Å². The fraction of sp³-hybridized carbons (Fsp3) is 0. The Morgan fingerprint density at radius 2 is 0.741 bits per heavy atom. The van der Waals surface area contributed by atoms with Gasteiger partial charge in [0.05, 0.1) is 11.0 Å². The van der Waals surface area contributed by atoms with E-state index >= 15 is 0 Å². The van der Waals surface area contributed by atoms with Gasteiger partial charge < -0.3 is 8.83 Å². The van der Waals surface area contributed by atoms with Crippen molar-refractivity contribution in [3.8, 4) is 56.4 Å². The Balaban J connectivity index is 1.13. The Hall–Kier alpha value is -8.03. The zero-order valence-electron chi connectivity index (χ0n) is 30.8. The monoisotopic (exact) mass is 743 g/mol. The molecule has 7 nitrogen and oxygen atoms in total. The number of furan rings is 2. The van der Waals surface area contributed by atoms with Crippen LogP contribution in [0.5, 0.6) is 0 Å². The summed E-state index contributed by atoms with van der Waals surface area (Å²) in [6, 6.07) is 55.7. The maximum atomic E-state index is 6.59. The van der Waals surface area contributed by atoms with Gasteiger partial charge in [0.2, 0.25) is 0 Å². The van der Waals surface area contributed by atoms with Gasteiger partial charge in [-0.25, -0.2) is 15.0 Å². The molecule has 0 aliphatic carbocycles. The maximum absolute atomic E-state index is 6.59. The van der Waals surface area contributed by atoms with E-state index in [0.29, 0.717) is 17.5 Å². The van der Waals surface area contributed by atoms with Gasteiger partial charge in [-0.2, -0.15) is 0 Å². The van der Waals surface area contributed by atoms with E-state index in [1.807, 2.05) is 85.2 Å². The quantitative estimate of drug-likeness (QED) is 0.173. The molecule has 0 aliphatic heterocycles. The second-order valence-corrected chi connectivity index (χ2v) is 14.5. The molecule has 5 heterocycles. The SMILES string of the molecule is c1ccc2ncc(-c3nc(-c4cc(-c5cccc6c5oc5ccccc56)cc(-c5cccc6c5oc5ccccc56)c4)nc(-c4cnc5ccccc5c4)n3)cc2c1. The topological polar surface area (TPSA) is 90.7 Å². The summed E-state index contributed by atoms with van der Waals surface area (Å²) < 4.78 is 13.2. The van der Waals surface area contributed by atoms with E-state index in [-0.39, 0.29) is 0 Å². The molecule has 0 radical (unpaired) electrons. The standard InChI is InChI=1S/C51H29N5O2/c1-5-19-43-30(11-1)23-35(28-52-43)50-54-49(55-51(56-50)36-24-31-12-2-6-20-44(31)53-29-36)34-26-32(37-15-9-17-41-39-13-3-7-21-45(39)57-47(37)41)25-33(27-34)38-16-10-18-42-40-14-4-8-22-46(40)58-48(38)42/h1-29H. The molecule has 5 aromatic heterocycles. The van der Waals surface area contributed by atoms with Gasteiger partial charge in [0.15, 0.2) is 17.5 Å². The third-order valence-electron chi connectivity index (χ3n) is 11.0. The van der Waals surface area contributed by atoms with Crippen LogP contribution in [0.1, 0.15) is 0 Å². The molecular formula is C51H29N5O2. The van der Waals surface area contributed by atoms with E-state index in [1.54, 1.807) is 0 Å². The number of rotatable bonds is 5. The van der Waals surface area contributed by atoms with Crippen LogP contribution in [0.25, 0.3) is 122 Å². The summed E-state index contributed by atoms with van der Waals surface area (Å²) in [6.07, 6.45) is 3.66. The highest BCUT2D eigenvalue weighted by atomic mass is 16.3. The lowest BCUT2D eigenvalue weighted by atomic mass is 9.94. The molecule has 12 aromatic rings. The van der Waals surface area contributed by atoms with Gasteiger partial charge in [0.1, 0.15) is 22.3 Å². The zero-order chi connectivity index (χ0) is 38.2. The molecule has 7 heteroatoms. The summed E-state index contributed by atoms with van der Waals surface area (Å²) in [5.74, 6) is 1.53. The van der Waals surface area contributed by atoms with Crippen LogP contribution in [0.4, 0.5) is 0 Å². The summed E-state index contributed by atoms with van der Waals surface area (Å²) in [7, 11) is 0. The highest BCUT2D eigenvalue weighted by Gasteiger charge is 2.20. The Kier molecular flexibility index (Phi) is 7.09. The summed E-state index contributed by atoms with van der Waals surface area (Å²) >= 11 is 0. The first kappa shape index (κ1) is 32.2. The first-order chi connectivity index (χ1) is 28.7. The molecule has 0 saturated heterocycles. The van der Waals surface area contributed by atoms with Gasteiger partial charge in [0.25, 0.3) is 0 Å². The van der Waals surface area contributed by atoms with Crippen molar-refractivity contribution in [1.82, 2.24) is 24.9 Å². The van der Waals surface area contributed by atoms with E-state index in [4.69, 9.17) is 33.8 Å². The average Bonchev–Trinajstić information content (AvgIpc) is 3.87. The molecule has 0 aliphatic rings. The van der Waals surface area contributed by atoms with Gasteiger partial charge in [-0.15, -0.1) is 0 Å². The molecule has 0 unspecified atom stereocenters. The number of pyridine rings is 2. The number of fused-ring (bicyclic) bond motifs is 8. The van der Waals surface area contributed by atoms with Gasteiger partial charge in [-0.1, -0.05) is 109 Å². The van der Waals surface area contributed by atoms with E-state index < -0.39 is 0 Å². The molecule has 270 valence electrons. The van der Waals surface area contributed by atoms with Crippen LogP contribution in [0, 0.1) is 0 Å². The molecule has 0 bridgehead atoms. The minimum Gasteiger partial charge on any atom is -0.455 e. The third kappa shape index (κ3) is 5.25. The minimum atomic E-state index is 0.511. The third-order valence-corrected chi connectivity index (χ3v) is 11.0. The molecule has 0 amide bonds. The normalized spacial score (nSPS) is 11.8. The van der Waals surface area contributed by atoms with Gasteiger partial charge in [0, 0.05) is 72.5 Å². The molecule has 0 fully saturated rings. The highest BCUT2D eigenvalue weighted by Crippen LogP contribution is 2.42. The van der Waals surface area contributed by atoms with Crippen molar-refractivity contribution in [3.63, 3.8) is 0 Å². The van der Waals surface area contributed by atoms with E-state index in [2.05, 4.69) is 91.0 Å². The molecular weight excluding hydrogens is 715 g/mol. The van der Waals surface area contributed by atoms with Gasteiger partial charge in [-0.05, 0) is 65.7 Å². The molecule has 0 saturated carbocycles. The molecule has 0 spiro atoms. The fourth-order valence-corrected chi connectivity index (χ4v) is 8.17. The first-order valence-corrected chi connectivity index (χ1v) is 19.1. The second-order valence-electron chi connectivity index (χ2n) is 14.5. The van der Waals surface area contributed by atoms with Crippen molar-refractivity contribution in [3.05, 3.63) is 176 Å². The predicted molar refractivity (Wildman–Crippen MR) is 232 cm³/mol. The Morgan fingerprint density at radius 3 is 1.26 bits per heavy atom. The fourth-order valence-electron chi connectivity index (χ4n) is 8.17. The summed E-state index contributed by atoms with van der Waals surface area (Å²) in [4.78, 5) is 25.0. The lowest BCUT2D eigenvalue weighted by Gasteiger charge is -2.13. The Bertz CT molecular complexity index is 3380. The maximum Gasteiger partial charge on any atom is 0.165 e. The Morgan fingerprint density at radius 1 is 0.328 bits per heavy atom. The van der Waals surface area contributed by atoms with E-state index in [0.717, 1.165) is 105 Å². The molecule has 58 heavy (non-hydrogen) atoms. The van der Waals surface area contributed by atoms with Crippen LogP contribution >= 0.6 is 0 Å². The number of benzene rings is 7. The van der Waals surface area contributed by atoms with Gasteiger partial charge >= 0.3 is 0 Å². The van der Waals surface area contributed by atoms with Crippen molar-refractivity contribution in [2.75, 3.05) is 0 Å². The molecule has 12 rings (SSSR count). The Labute approximate surface area is 330 Å². The van der Waals surface area contributed by atoms with Crippen LogP contribution in [0.15, 0.2) is 185 Å². The largest absolute Gasteiger partial charge is 0.455 e. The van der Waals surface area contributed by atoms with Crippen LogP contribution in [0.3, 0.4) is 0 Å². The van der Waals surface area contributed by atoms with Gasteiger partial charge in [-0.3, -0.25) is 9.97 Å². The lowest BCUT2D eigenvalue weighted by molar-refractivity contribution is 0.670. The van der Waals surface area contributed by atoms with E-state index in [1.165, 1.54) is 0 Å². The average molecular weight is 744 g/mol. The summed E-state index contributed by atoms with van der Waals surface area (Å²) in [5.41, 5.74) is 11.3. The van der Waals surface area contributed by atoms with Crippen molar-refractivity contribution in [1.29, 1.82) is 0 Å². The molecule has 7 aromatic carbocycles. The molecule has 0 atom stereocenters. The first-order valence-electron chi connectivity index (χ1n) is 19.1. The van der Waals surface area contributed by atoms with E-state index in [9.17, 15) is 0 Å². The van der Waals surface area contributed by atoms with Crippen LogP contribution in [-0.4, -0.2) is 24.9 Å². The summed E-state index contributed by atoms with van der Waals surface area (Å²) in [5, 5.41) is 6.25. The summed E-state index contributed by atoms with van der Waals surface area (Å²) in [6.45, 7) is 0. The highest BCUT2D eigenvalue weighted by molar-refractivity contribution is 6.11.